The van der Waals surface area contributed by atoms with Gasteiger partial charge in [-0.25, -0.2) is 4.21 Å². The van der Waals surface area contributed by atoms with E-state index >= 15 is 0 Å². The minimum absolute atomic E-state index is 0.499. The van der Waals surface area contributed by atoms with Gasteiger partial charge in [0.1, 0.15) is 0 Å². The molecule has 0 aromatic carbocycles. The first-order valence-corrected chi connectivity index (χ1v) is 3.97. The van der Waals surface area contributed by atoms with Crippen LogP contribution in [0.1, 0.15) is 13.8 Å². The van der Waals surface area contributed by atoms with Crippen molar-refractivity contribution in [3.63, 3.8) is 0 Å². The summed E-state index contributed by atoms with van der Waals surface area (Å²) in [5.74, 6) is 0.499. The van der Waals surface area contributed by atoms with E-state index in [9.17, 15) is 4.21 Å². The lowest BCUT2D eigenvalue weighted by Gasteiger charge is -1.91. The highest BCUT2D eigenvalue weighted by atomic mass is 32.2. The topological polar surface area (TPSA) is 26.3 Å². The van der Waals surface area contributed by atoms with Crippen molar-refractivity contribution in [1.29, 1.82) is 0 Å². The molecule has 0 bridgehead atoms. The molecule has 0 heterocycles. The first-order chi connectivity index (χ1) is 4.16. The third kappa shape index (κ3) is 5.73. The second-order valence-corrected chi connectivity index (χ2v) is 3.19. The second kappa shape index (κ2) is 4.70. The van der Waals surface area contributed by atoms with Crippen LogP contribution in [0.15, 0.2) is 11.6 Å². The quantitative estimate of drug-likeness (QED) is 0.563. The predicted molar refractivity (Wildman–Crippen MR) is 39.4 cm³/mol. The standard InChI is InChI=1S/C6H12O2S/c1-6(2)4-5-9(7)8-3/h4H,5H2,1-3H3. The summed E-state index contributed by atoms with van der Waals surface area (Å²) in [6.07, 6.45) is 1.89. The van der Waals surface area contributed by atoms with E-state index in [1.54, 1.807) is 0 Å². The Morgan fingerprint density at radius 1 is 1.67 bits per heavy atom. The largest absolute Gasteiger partial charge is 0.294 e. The van der Waals surface area contributed by atoms with Gasteiger partial charge in [0.15, 0.2) is 11.1 Å². The van der Waals surface area contributed by atoms with Crippen molar-refractivity contribution in [3.05, 3.63) is 11.6 Å². The summed E-state index contributed by atoms with van der Waals surface area (Å²) in [6, 6.07) is 0. The fraction of sp³-hybridized carbons (Fsp3) is 0.667. The monoisotopic (exact) mass is 148 g/mol. The van der Waals surface area contributed by atoms with Gasteiger partial charge in [0.05, 0.1) is 12.9 Å². The third-order valence-electron chi connectivity index (χ3n) is 0.814. The predicted octanol–water partition coefficient (Wildman–Crippen LogP) is 1.26. The minimum Gasteiger partial charge on any atom is -0.294 e. The smallest absolute Gasteiger partial charge is 0.159 e. The lowest BCUT2D eigenvalue weighted by atomic mass is 10.3. The molecule has 0 aliphatic rings. The Morgan fingerprint density at radius 2 is 2.22 bits per heavy atom. The van der Waals surface area contributed by atoms with E-state index in [1.807, 2.05) is 19.9 Å². The van der Waals surface area contributed by atoms with Crippen LogP contribution in [0.3, 0.4) is 0 Å². The molecule has 0 saturated heterocycles. The molecule has 9 heavy (non-hydrogen) atoms. The Kier molecular flexibility index (Phi) is 4.62. The van der Waals surface area contributed by atoms with E-state index in [4.69, 9.17) is 0 Å². The van der Waals surface area contributed by atoms with Gasteiger partial charge >= 0.3 is 0 Å². The van der Waals surface area contributed by atoms with Crippen LogP contribution in [0.4, 0.5) is 0 Å². The van der Waals surface area contributed by atoms with Gasteiger partial charge in [0.25, 0.3) is 0 Å². The molecule has 0 radical (unpaired) electrons. The summed E-state index contributed by atoms with van der Waals surface area (Å²) in [7, 11) is 1.44. The fourth-order valence-electron chi connectivity index (χ4n) is 0.303. The Bertz CT molecular complexity index is 125. The van der Waals surface area contributed by atoms with Crippen molar-refractivity contribution in [2.75, 3.05) is 12.9 Å². The van der Waals surface area contributed by atoms with E-state index in [-0.39, 0.29) is 0 Å². The SMILES string of the molecule is COS(=O)CC=C(C)C. The average Bonchev–Trinajstić information content (AvgIpc) is 1.83. The number of rotatable bonds is 3. The van der Waals surface area contributed by atoms with Gasteiger partial charge in [-0.05, 0) is 13.8 Å². The minimum atomic E-state index is -1.12. The number of hydrogen-bond donors (Lipinski definition) is 0. The lowest BCUT2D eigenvalue weighted by molar-refractivity contribution is 0.448. The molecule has 0 N–H and O–H groups in total. The van der Waals surface area contributed by atoms with Crippen LogP contribution in [-0.4, -0.2) is 17.1 Å². The van der Waals surface area contributed by atoms with Gasteiger partial charge in [-0.3, -0.25) is 4.18 Å². The van der Waals surface area contributed by atoms with Gasteiger partial charge < -0.3 is 0 Å². The Morgan fingerprint density at radius 3 is 2.56 bits per heavy atom. The molecule has 0 fully saturated rings. The van der Waals surface area contributed by atoms with Gasteiger partial charge in [-0.2, -0.15) is 0 Å². The van der Waals surface area contributed by atoms with E-state index in [0.717, 1.165) is 0 Å². The first-order valence-electron chi connectivity index (χ1n) is 2.73. The van der Waals surface area contributed by atoms with Crippen molar-refractivity contribution in [2.45, 2.75) is 13.8 Å². The molecular formula is C6H12O2S. The maximum atomic E-state index is 10.6. The maximum absolute atomic E-state index is 10.6. The van der Waals surface area contributed by atoms with Crippen LogP contribution in [0.25, 0.3) is 0 Å². The zero-order chi connectivity index (χ0) is 7.28. The number of hydrogen-bond acceptors (Lipinski definition) is 2. The lowest BCUT2D eigenvalue weighted by Crippen LogP contribution is -1.95. The highest BCUT2D eigenvalue weighted by molar-refractivity contribution is 7.80. The van der Waals surface area contributed by atoms with Crippen molar-refractivity contribution >= 4 is 11.1 Å². The van der Waals surface area contributed by atoms with Crippen molar-refractivity contribution in [3.8, 4) is 0 Å². The summed E-state index contributed by atoms with van der Waals surface area (Å²) in [5, 5.41) is 0. The zero-order valence-electron chi connectivity index (χ0n) is 6.01. The Labute approximate surface area is 58.6 Å². The van der Waals surface area contributed by atoms with Crippen molar-refractivity contribution in [2.24, 2.45) is 0 Å². The summed E-state index contributed by atoms with van der Waals surface area (Å²) in [4.78, 5) is 0. The van der Waals surface area contributed by atoms with E-state index in [1.165, 1.54) is 12.7 Å². The normalized spacial score (nSPS) is 12.8. The molecule has 2 nitrogen and oxygen atoms in total. The molecule has 0 aliphatic heterocycles. The highest BCUT2D eigenvalue weighted by Crippen LogP contribution is 1.90. The summed E-state index contributed by atoms with van der Waals surface area (Å²) in [5.41, 5.74) is 1.17. The molecule has 0 rings (SSSR count). The van der Waals surface area contributed by atoms with Crippen molar-refractivity contribution < 1.29 is 8.39 Å². The summed E-state index contributed by atoms with van der Waals surface area (Å²) in [6.45, 7) is 3.93. The molecule has 54 valence electrons. The van der Waals surface area contributed by atoms with Crippen LogP contribution in [0.2, 0.25) is 0 Å². The van der Waals surface area contributed by atoms with Gasteiger partial charge in [-0.1, -0.05) is 11.6 Å². The molecule has 3 heteroatoms. The molecule has 1 unspecified atom stereocenters. The first kappa shape index (κ1) is 8.85. The molecule has 0 amide bonds. The molecule has 1 atom stereocenters. The van der Waals surface area contributed by atoms with Crippen LogP contribution in [0, 0.1) is 0 Å². The van der Waals surface area contributed by atoms with Crippen LogP contribution in [0.5, 0.6) is 0 Å². The molecular weight excluding hydrogens is 136 g/mol. The van der Waals surface area contributed by atoms with E-state index in [0.29, 0.717) is 5.75 Å². The number of allylic oxidation sites excluding steroid dienone is 1. The Balaban J connectivity index is 3.50. The fourth-order valence-corrected chi connectivity index (χ4v) is 0.908. The van der Waals surface area contributed by atoms with Crippen LogP contribution >= 0.6 is 0 Å². The molecule has 0 aromatic heterocycles. The Hall–Kier alpha value is -0.150. The van der Waals surface area contributed by atoms with Crippen LogP contribution in [-0.2, 0) is 15.3 Å². The van der Waals surface area contributed by atoms with E-state index in [2.05, 4.69) is 4.18 Å². The second-order valence-electron chi connectivity index (χ2n) is 1.92. The molecule has 0 saturated carbocycles. The molecule has 0 spiro atoms. The van der Waals surface area contributed by atoms with Gasteiger partial charge in [0, 0.05) is 0 Å². The maximum Gasteiger partial charge on any atom is 0.159 e. The average molecular weight is 148 g/mol. The van der Waals surface area contributed by atoms with Gasteiger partial charge in [0.2, 0.25) is 0 Å². The summed E-state index contributed by atoms with van der Waals surface area (Å²) >= 11 is -1.12. The third-order valence-corrected chi connectivity index (χ3v) is 1.62. The zero-order valence-corrected chi connectivity index (χ0v) is 6.83. The van der Waals surface area contributed by atoms with Gasteiger partial charge in [-0.15, -0.1) is 0 Å². The highest BCUT2D eigenvalue weighted by Gasteiger charge is 1.90. The van der Waals surface area contributed by atoms with Crippen molar-refractivity contribution in [1.82, 2.24) is 0 Å². The van der Waals surface area contributed by atoms with E-state index < -0.39 is 11.1 Å². The van der Waals surface area contributed by atoms with Crippen LogP contribution < -0.4 is 0 Å². The summed E-state index contributed by atoms with van der Waals surface area (Å²) < 4.78 is 15.1. The molecule has 0 aromatic rings. The molecule has 0 aliphatic carbocycles.